The Kier molecular flexibility index (Phi) is 5.54. The number of nitrogens with zero attached hydrogens (tertiary/aromatic N) is 1. The third-order valence-corrected chi connectivity index (χ3v) is 5.54. The largest absolute Gasteiger partial charge is 0.480 e. The average molecular weight is 314 g/mol. The van der Waals surface area contributed by atoms with Crippen LogP contribution in [0.3, 0.4) is 0 Å². The van der Waals surface area contributed by atoms with Crippen LogP contribution >= 0.6 is 22.9 Å². The van der Waals surface area contributed by atoms with Crippen LogP contribution in [0.15, 0.2) is 16.3 Å². The number of halogens is 1. The van der Waals surface area contributed by atoms with Crippen molar-refractivity contribution in [2.24, 2.45) is 0 Å². The van der Waals surface area contributed by atoms with E-state index in [1.54, 1.807) is 0 Å². The lowest BCUT2D eigenvalue weighted by Gasteiger charge is -2.15. The molecule has 1 rings (SSSR count). The van der Waals surface area contributed by atoms with Crippen LogP contribution in [0.4, 0.5) is 0 Å². The van der Waals surface area contributed by atoms with Crippen molar-refractivity contribution in [3.05, 3.63) is 16.5 Å². The van der Waals surface area contributed by atoms with Crippen LogP contribution in [0.2, 0.25) is 4.34 Å². The van der Waals surface area contributed by atoms with Crippen molar-refractivity contribution in [2.75, 3.05) is 26.8 Å². The molecule has 0 unspecified atom stereocenters. The van der Waals surface area contributed by atoms with Gasteiger partial charge in [-0.2, -0.15) is 4.31 Å². The first kappa shape index (κ1) is 15.4. The molecule has 0 spiro atoms. The summed E-state index contributed by atoms with van der Waals surface area (Å²) in [5.74, 6) is -1.09. The van der Waals surface area contributed by atoms with Crippen LogP contribution in [0.25, 0.3) is 0 Å². The summed E-state index contributed by atoms with van der Waals surface area (Å²) < 4.78 is 30.4. The Hall–Kier alpha value is -0.670. The number of rotatable bonds is 7. The van der Waals surface area contributed by atoms with Crippen molar-refractivity contribution < 1.29 is 23.1 Å². The molecule has 0 aromatic carbocycles. The van der Waals surface area contributed by atoms with Crippen LogP contribution in [0.1, 0.15) is 0 Å². The van der Waals surface area contributed by atoms with Gasteiger partial charge in [-0.25, -0.2) is 13.2 Å². The van der Waals surface area contributed by atoms with Gasteiger partial charge in [0.15, 0.2) is 0 Å². The molecule has 0 aliphatic heterocycles. The average Bonchev–Trinajstić information content (AvgIpc) is 2.71. The topological polar surface area (TPSA) is 83.9 Å². The Balaban J connectivity index is 2.55. The number of ether oxygens (including phenoxy) is 1. The number of likely N-dealkylation sites (N-methyl/N-ethyl adjacent to an activating group) is 1. The Bertz CT molecular complexity index is 513. The van der Waals surface area contributed by atoms with Gasteiger partial charge in [-0.05, 0) is 12.1 Å². The number of hydrogen-bond donors (Lipinski definition) is 1. The molecule has 1 N–H and O–H groups in total. The minimum absolute atomic E-state index is 0.0150. The molecule has 0 fully saturated rings. The van der Waals surface area contributed by atoms with E-state index in [1.165, 1.54) is 19.2 Å². The molecular weight excluding hydrogens is 302 g/mol. The van der Waals surface area contributed by atoms with Gasteiger partial charge in [-0.15, -0.1) is 11.3 Å². The zero-order valence-corrected chi connectivity index (χ0v) is 11.9. The second kappa shape index (κ2) is 6.48. The van der Waals surface area contributed by atoms with E-state index in [0.29, 0.717) is 4.34 Å². The molecule has 9 heteroatoms. The number of thiophene rings is 1. The Morgan fingerprint density at radius 2 is 2.22 bits per heavy atom. The Labute approximate surface area is 114 Å². The lowest BCUT2D eigenvalue weighted by Crippen LogP contribution is -2.30. The van der Waals surface area contributed by atoms with E-state index in [2.05, 4.69) is 0 Å². The molecule has 1 aromatic rings. The normalized spacial score (nSPS) is 11.9. The predicted molar refractivity (Wildman–Crippen MR) is 67.6 cm³/mol. The van der Waals surface area contributed by atoms with Crippen molar-refractivity contribution in [3.63, 3.8) is 0 Å². The molecular formula is C9H12ClNO5S2. The maximum atomic E-state index is 12.0. The predicted octanol–water partition coefficient (Wildman–Crippen LogP) is 1.12. The number of hydrogen-bond acceptors (Lipinski definition) is 5. The van der Waals surface area contributed by atoms with E-state index < -0.39 is 22.6 Å². The van der Waals surface area contributed by atoms with Crippen LogP contribution in [-0.2, 0) is 19.6 Å². The number of carbonyl (C=O) groups is 1. The minimum Gasteiger partial charge on any atom is -0.480 e. The highest BCUT2D eigenvalue weighted by atomic mass is 35.5. The van der Waals surface area contributed by atoms with Gasteiger partial charge in [0.2, 0.25) is 0 Å². The van der Waals surface area contributed by atoms with Crippen LogP contribution in [0, 0.1) is 0 Å². The molecule has 0 saturated heterocycles. The highest BCUT2D eigenvalue weighted by molar-refractivity contribution is 7.91. The molecule has 0 radical (unpaired) electrons. The fourth-order valence-electron chi connectivity index (χ4n) is 1.06. The van der Waals surface area contributed by atoms with Crippen LogP contribution in [0.5, 0.6) is 0 Å². The van der Waals surface area contributed by atoms with Crippen molar-refractivity contribution in [2.45, 2.75) is 4.21 Å². The molecule has 0 amide bonds. The lowest BCUT2D eigenvalue weighted by molar-refractivity contribution is -0.142. The first-order valence-electron chi connectivity index (χ1n) is 4.85. The van der Waals surface area contributed by atoms with Gasteiger partial charge < -0.3 is 9.84 Å². The zero-order chi connectivity index (χ0) is 13.8. The van der Waals surface area contributed by atoms with Crippen LogP contribution in [-0.4, -0.2) is 50.6 Å². The second-order valence-corrected chi connectivity index (χ2v) is 7.32. The number of aliphatic carboxylic acids is 1. The fourth-order valence-corrected chi connectivity index (χ4v) is 3.91. The molecule has 0 aliphatic carbocycles. The summed E-state index contributed by atoms with van der Waals surface area (Å²) in [6.07, 6.45) is 0. The maximum Gasteiger partial charge on any atom is 0.329 e. The van der Waals surface area contributed by atoms with Crippen molar-refractivity contribution in [3.8, 4) is 0 Å². The number of sulfonamides is 1. The smallest absolute Gasteiger partial charge is 0.329 e. The summed E-state index contributed by atoms with van der Waals surface area (Å²) >= 11 is 6.65. The minimum atomic E-state index is -3.58. The summed E-state index contributed by atoms with van der Waals surface area (Å²) in [5, 5.41) is 8.35. The molecule has 102 valence electrons. The van der Waals surface area contributed by atoms with E-state index in [4.69, 9.17) is 21.4 Å². The molecule has 1 heterocycles. The maximum absolute atomic E-state index is 12.0. The second-order valence-electron chi connectivity index (χ2n) is 3.33. The quantitative estimate of drug-likeness (QED) is 0.763. The highest BCUT2D eigenvalue weighted by Crippen LogP contribution is 2.27. The first-order chi connectivity index (χ1) is 8.34. The Morgan fingerprint density at radius 1 is 1.56 bits per heavy atom. The van der Waals surface area contributed by atoms with E-state index in [9.17, 15) is 13.2 Å². The highest BCUT2D eigenvalue weighted by Gasteiger charge is 2.22. The number of carboxylic acid groups (broad SMARTS) is 1. The van der Waals surface area contributed by atoms with Gasteiger partial charge in [0.05, 0.1) is 10.9 Å². The Morgan fingerprint density at radius 3 is 2.72 bits per heavy atom. The SMILES string of the molecule is CN(CCOCC(=O)O)S(=O)(=O)c1ccc(Cl)s1. The fraction of sp³-hybridized carbons (Fsp3) is 0.444. The van der Waals surface area contributed by atoms with Gasteiger partial charge in [-0.1, -0.05) is 11.6 Å². The first-order valence-corrected chi connectivity index (χ1v) is 7.48. The van der Waals surface area contributed by atoms with Gasteiger partial charge in [0.1, 0.15) is 10.8 Å². The molecule has 0 saturated carbocycles. The standard InChI is InChI=1S/C9H12ClNO5S2/c1-11(4-5-16-6-8(12)13)18(14,15)9-3-2-7(10)17-9/h2-3H,4-6H2,1H3,(H,12,13). The number of carboxylic acids is 1. The summed E-state index contributed by atoms with van der Waals surface area (Å²) in [6, 6.07) is 2.94. The van der Waals surface area contributed by atoms with E-state index in [-0.39, 0.29) is 17.4 Å². The van der Waals surface area contributed by atoms with E-state index >= 15 is 0 Å². The molecule has 1 aromatic heterocycles. The van der Waals surface area contributed by atoms with Gasteiger partial charge in [0.25, 0.3) is 10.0 Å². The molecule has 6 nitrogen and oxygen atoms in total. The molecule has 0 bridgehead atoms. The third kappa shape index (κ3) is 4.21. The molecule has 0 atom stereocenters. The van der Waals surface area contributed by atoms with Gasteiger partial charge >= 0.3 is 5.97 Å². The van der Waals surface area contributed by atoms with Gasteiger partial charge in [0, 0.05) is 13.6 Å². The molecule has 18 heavy (non-hydrogen) atoms. The monoisotopic (exact) mass is 313 g/mol. The molecule has 0 aliphatic rings. The summed E-state index contributed by atoms with van der Waals surface area (Å²) in [4.78, 5) is 10.2. The summed E-state index contributed by atoms with van der Waals surface area (Å²) in [7, 11) is -2.18. The van der Waals surface area contributed by atoms with E-state index in [0.717, 1.165) is 15.6 Å². The third-order valence-electron chi connectivity index (χ3n) is 1.99. The van der Waals surface area contributed by atoms with E-state index in [1.807, 2.05) is 0 Å². The van der Waals surface area contributed by atoms with Gasteiger partial charge in [-0.3, -0.25) is 0 Å². The van der Waals surface area contributed by atoms with Crippen LogP contribution < -0.4 is 0 Å². The zero-order valence-electron chi connectivity index (χ0n) is 9.50. The van der Waals surface area contributed by atoms with Crippen molar-refractivity contribution in [1.29, 1.82) is 0 Å². The summed E-state index contributed by atoms with van der Waals surface area (Å²) in [5.41, 5.74) is 0. The lowest BCUT2D eigenvalue weighted by atomic mass is 10.7. The van der Waals surface area contributed by atoms with Crippen molar-refractivity contribution in [1.82, 2.24) is 4.31 Å². The van der Waals surface area contributed by atoms with Crippen molar-refractivity contribution >= 4 is 38.9 Å². The summed E-state index contributed by atoms with van der Waals surface area (Å²) in [6.45, 7) is -0.356.